The molecule has 0 spiro atoms. The summed E-state index contributed by atoms with van der Waals surface area (Å²) in [5.41, 5.74) is 1.16. The van der Waals surface area contributed by atoms with E-state index in [1.165, 1.54) is 24.2 Å². The fraction of sp³-hybridized carbons (Fsp3) is 0.429. The molecule has 94 valence electrons. The van der Waals surface area contributed by atoms with E-state index in [0.29, 0.717) is 5.92 Å². The minimum atomic E-state index is 0.124. The van der Waals surface area contributed by atoms with Crippen LogP contribution in [0, 0.1) is 0 Å². The summed E-state index contributed by atoms with van der Waals surface area (Å²) in [7, 11) is 0. The van der Waals surface area contributed by atoms with E-state index in [1.807, 2.05) is 6.07 Å². The normalized spacial score (nSPS) is 20.2. The SMILES string of the molecule is CC(=O)c1cc2ccc([C@@H]3CCCNC3)nc2s1. The molecule has 3 rings (SSSR count). The van der Waals surface area contributed by atoms with Crippen molar-refractivity contribution >= 4 is 27.3 Å². The van der Waals surface area contributed by atoms with Gasteiger partial charge in [-0.1, -0.05) is 6.07 Å². The van der Waals surface area contributed by atoms with E-state index >= 15 is 0 Å². The number of rotatable bonds is 2. The van der Waals surface area contributed by atoms with Crippen molar-refractivity contribution in [3.05, 3.63) is 28.8 Å². The Balaban J connectivity index is 1.96. The first-order valence-electron chi connectivity index (χ1n) is 6.36. The third-order valence-corrected chi connectivity index (χ3v) is 4.61. The number of carbonyl (C=O) groups is 1. The van der Waals surface area contributed by atoms with Crippen LogP contribution < -0.4 is 5.32 Å². The van der Waals surface area contributed by atoms with Crippen LogP contribution in [-0.4, -0.2) is 23.9 Å². The summed E-state index contributed by atoms with van der Waals surface area (Å²) in [6, 6.07) is 6.14. The number of Topliss-reactive ketones (excluding diaryl/α,β-unsaturated/α-hetero) is 1. The zero-order valence-electron chi connectivity index (χ0n) is 10.4. The molecule has 2 aromatic heterocycles. The molecule has 0 radical (unpaired) electrons. The van der Waals surface area contributed by atoms with Crippen LogP contribution >= 0.6 is 11.3 Å². The molecule has 4 heteroatoms. The van der Waals surface area contributed by atoms with Crippen molar-refractivity contribution in [2.45, 2.75) is 25.7 Å². The van der Waals surface area contributed by atoms with Crippen molar-refractivity contribution in [3.8, 4) is 0 Å². The molecule has 0 aromatic carbocycles. The predicted molar refractivity (Wildman–Crippen MR) is 74.5 cm³/mol. The van der Waals surface area contributed by atoms with Crippen LogP contribution in [0.1, 0.15) is 41.0 Å². The van der Waals surface area contributed by atoms with Crippen molar-refractivity contribution < 1.29 is 4.79 Å². The third kappa shape index (κ3) is 2.18. The number of carbonyl (C=O) groups excluding carboxylic acids is 1. The molecule has 1 atom stereocenters. The average molecular weight is 260 g/mol. The maximum Gasteiger partial charge on any atom is 0.169 e. The van der Waals surface area contributed by atoms with Gasteiger partial charge in [-0.3, -0.25) is 4.79 Å². The Morgan fingerprint density at radius 2 is 2.39 bits per heavy atom. The molecule has 0 saturated carbocycles. The molecule has 3 nitrogen and oxygen atoms in total. The van der Waals surface area contributed by atoms with E-state index in [4.69, 9.17) is 4.98 Å². The molecule has 0 aliphatic carbocycles. The largest absolute Gasteiger partial charge is 0.316 e. The lowest BCUT2D eigenvalue weighted by Gasteiger charge is -2.22. The molecule has 2 aromatic rings. The van der Waals surface area contributed by atoms with Crippen LogP contribution in [-0.2, 0) is 0 Å². The van der Waals surface area contributed by atoms with Gasteiger partial charge in [-0.2, -0.15) is 0 Å². The van der Waals surface area contributed by atoms with Crippen molar-refractivity contribution in [2.24, 2.45) is 0 Å². The molecular weight excluding hydrogens is 244 g/mol. The van der Waals surface area contributed by atoms with Crippen LogP contribution in [0.4, 0.5) is 0 Å². The van der Waals surface area contributed by atoms with Crippen molar-refractivity contribution in [1.82, 2.24) is 10.3 Å². The highest BCUT2D eigenvalue weighted by atomic mass is 32.1. The lowest BCUT2D eigenvalue weighted by molar-refractivity contribution is 0.102. The summed E-state index contributed by atoms with van der Waals surface area (Å²) in [6.07, 6.45) is 2.42. The smallest absolute Gasteiger partial charge is 0.169 e. The fourth-order valence-electron chi connectivity index (χ4n) is 2.44. The Kier molecular flexibility index (Phi) is 3.14. The minimum absolute atomic E-state index is 0.124. The summed E-state index contributed by atoms with van der Waals surface area (Å²) in [5.74, 6) is 0.643. The number of hydrogen-bond acceptors (Lipinski definition) is 4. The number of fused-ring (bicyclic) bond motifs is 1. The fourth-order valence-corrected chi connectivity index (χ4v) is 3.37. The Morgan fingerprint density at radius 1 is 1.50 bits per heavy atom. The van der Waals surface area contributed by atoms with Crippen LogP contribution in [0.5, 0.6) is 0 Å². The highest BCUT2D eigenvalue weighted by molar-refractivity contribution is 7.20. The van der Waals surface area contributed by atoms with Gasteiger partial charge in [0.25, 0.3) is 0 Å². The van der Waals surface area contributed by atoms with E-state index < -0.39 is 0 Å². The second-order valence-corrected chi connectivity index (χ2v) is 5.87. The number of thiophene rings is 1. The van der Waals surface area contributed by atoms with Crippen LogP contribution in [0.3, 0.4) is 0 Å². The first-order chi connectivity index (χ1) is 8.74. The lowest BCUT2D eigenvalue weighted by atomic mass is 9.95. The Labute approximate surface area is 110 Å². The maximum atomic E-state index is 11.4. The minimum Gasteiger partial charge on any atom is -0.316 e. The van der Waals surface area contributed by atoms with Gasteiger partial charge in [0.1, 0.15) is 4.83 Å². The van der Waals surface area contributed by atoms with Gasteiger partial charge in [-0.25, -0.2) is 4.98 Å². The highest BCUT2D eigenvalue weighted by Gasteiger charge is 2.17. The van der Waals surface area contributed by atoms with Gasteiger partial charge in [-0.15, -0.1) is 11.3 Å². The van der Waals surface area contributed by atoms with Gasteiger partial charge >= 0.3 is 0 Å². The third-order valence-electron chi connectivity index (χ3n) is 3.47. The molecule has 1 aliphatic rings. The second-order valence-electron chi connectivity index (χ2n) is 4.84. The Hall–Kier alpha value is -1.26. The van der Waals surface area contributed by atoms with Gasteiger partial charge in [0.2, 0.25) is 0 Å². The highest BCUT2D eigenvalue weighted by Crippen LogP contribution is 2.28. The zero-order chi connectivity index (χ0) is 12.5. The summed E-state index contributed by atoms with van der Waals surface area (Å²) >= 11 is 1.50. The van der Waals surface area contributed by atoms with Crippen LogP contribution in [0.15, 0.2) is 18.2 Å². The Bertz CT molecular complexity index is 584. The number of pyridine rings is 1. The van der Waals surface area contributed by atoms with Gasteiger partial charge in [0.15, 0.2) is 5.78 Å². The topological polar surface area (TPSA) is 42.0 Å². The number of nitrogens with one attached hydrogen (secondary N) is 1. The molecule has 1 fully saturated rings. The van der Waals surface area contributed by atoms with Gasteiger partial charge in [0, 0.05) is 23.5 Å². The van der Waals surface area contributed by atoms with Crippen LogP contribution in [0.2, 0.25) is 0 Å². The van der Waals surface area contributed by atoms with Gasteiger partial charge in [-0.05, 0) is 38.4 Å². The van der Waals surface area contributed by atoms with Crippen molar-refractivity contribution in [3.63, 3.8) is 0 Å². The summed E-state index contributed by atoms with van der Waals surface area (Å²) in [6.45, 7) is 3.74. The molecule has 18 heavy (non-hydrogen) atoms. The monoisotopic (exact) mass is 260 g/mol. The standard InChI is InChI=1S/C14H16N2OS/c1-9(17)13-7-10-4-5-12(16-14(10)18-13)11-3-2-6-15-8-11/h4-5,7,11,15H,2-3,6,8H2,1H3/t11-/m1/s1. The summed E-state index contributed by atoms with van der Waals surface area (Å²) in [4.78, 5) is 17.9. The van der Waals surface area contributed by atoms with E-state index in [1.54, 1.807) is 6.92 Å². The zero-order valence-corrected chi connectivity index (χ0v) is 11.2. The summed E-state index contributed by atoms with van der Waals surface area (Å²) in [5, 5.41) is 4.50. The van der Waals surface area contributed by atoms with E-state index in [2.05, 4.69) is 17.4 Å². The molecule has 0 bridgehead atoms. The summed E-state index contributed by atoms with van der Waals surface area (Å²) < 4.78 is 0. The van der Waals surface area contributed by atoms with E-state index in [9.17, 15) is 4.79 Å². The number of nitrogens with zero attached hydrogens (tertiary/aromatic N) is 1. The Morgan fingerprint density at radius 3 is 3.11 bits per heavy atom. The number of aromatic nitrogens is 1. The number of piperidine rings is 1. The molecule has 0 unspecified atom stereocenters. The molecule has 1 N–H and O–H groups in total. The van der Waals surface area contributed by atoms with Crippen molar-refractivity contribution in [2.75, 3.05) is 13.1 Å². The quantitative estimate of drug-likeness (QED) is 0.844. The second kappa shape index (κ2) is 4.78. The maximum absolute atomic E-state index is 11.4. The van der Waals surface area contributed by atoms with E-state index in [0.717, 1.165) is 33.9 Å². The molecule has 0 amide bonds. The van der Waals surface area contributed by atoms with Gasteiger partial charge < -0.3 is 5.32 Å². The average Bonchev–Trinajstić information content (AvgIpc) is 2.82. The first-order valence-corrected chi connectivity index (χ1v) is 7.18. The molecule has 1 saturated heterocycles. The predicted octanol–water partition coefficient (Wildman–Crippen LogP) is 2.97. The molecule has 3 heterocycles. The number of hydrogen-bond donors (Lipinski definition) is 1. The van der Waals surface area contributed by atoms with Gasteiger partial charge in [0.05, 0.1) is 4.88 Å². The first kappa shape index (κ1) is 11.8. The number of ketones is 1. The molecular formula is C14H16N2OS. The lowest BCUT2D eigenvalue weighted by Crippen LogP contribution is -2.28. The van der Waals surface area contributed by atoms with Crippen molar-refractivity contribution in [1.29, 1.82) is 0 Å². The van der Waals surface area contributed by atoms with E-state index in [-0.39, 0.29) is 5.78 Å². The van der Waals surface area contributed by atoms with Crippen LogP contribution in [0.25, 0.3) is 10.2 Å². The molecule has 1 aliphatic heterocycles.